The van der Waals surface area contributed by atoms with Crippen LogP contribution in [0.3, 0.4) is 0 Å². The molecular formula is C116H178Y2-4. The molecule has 0 aliphatic carbocycles. The van der Waals surface area contributed by atoms with Gasteiger partial charge in [0.05, 0.1) is 0 Å². The van der Waals surface area contributed by atoms with Crippen molar-refractivity contribution >= 4 is 10.8 Å². The van der Waals surface area contributed by atoms with E-state index in [1.54, 1.807) is 0 Å². The van der Waals surface area contributed by atoms with Gasteiger partial charge >= 0.3 is 0 Å². The SMILES string of the molecule is C.CC.CC.CC.CC.CC.CC.CC.CC.CC.CC.CC.CC.CC.CC.CC.CC.Cc1ccccc1.[Y].[Y].[c-]1ccccc1.[c-]1ccccc1.[c-]1ccccc1.[c-]1ccccc1.c1ccc2ccccc2c1.c1ccccc1.c1ccccc1.c1ccccc1.c1ccccc1.c1ccccc1.c1ccccc1.c1ccccc1. The second kappa shape index (κ2) is 198. The molecule has 118 heavy (non-hydrogen) atoms. The van der Waals surface area contributed by atoms with Crippen LogP contribution >= 0.6 is 0 Å². The molecule has 14 rings (SSSR count). The van der Waals surface area contributed by atoms with E-state index in [1.165, 1.54) is 16.3 Å². The molecule has 0 aromatic heterocycles. The monoisotopic (exact) mass is 1750 g/mol. The maximum atomic E-state index is 2.89. The summed E-state index contributed by atoms with van der Waals surface area (Å²) in [5, 5.41) is 2.62. The third-order valence-corrected chi connectivity index (χ3v) is 9.69. The van der Waals surface area contributed by atoms with Gasteiger partial charge in [0.25, 0.3) is 0 Å². The summed E-state index contributed by atoms with van der Waals surface area (Å²) < 4.78 is 0. The van der Waals surface area contributed by atoms with Crippen molar-refractivity contribution in [3.63, 3.8) is 0 Å². The first kappa shape index (κ1) is 154. The van der Waals surface area contributed by atoms with Crippen LogP contribution in [0.4, 0.5) is 0 Å². The van der Waals surface area contributed by atoms with Gasteiger partial charge in [-0.25, -0.2) is 0 Å². The molecule has 0 unspecified atom stereocenters. The summed E-state index contributed by atoms with van der Waals surface area (Å²) in [6.07, 6.45) is 0. The molecule has 0 atom stereocenters. The van der Waals surface area contributed by atoms with Gasteiger partial charge in [0.2, 0.25) is 0 Å². The summed E-state index contributed by atoms with van der Waals surface area (Å²) in [7, 11) is 0. The van der Waals surface area contributed by atoms with E-state index in [9.17, 15) is 0 Å². The van der Waals surface area contributed by atoms with Gasteiger partial charge in [-0.3, -0.25) is 0 Å². The number of fused-ring (bicyclic) bond motifs is 1. The van der Waals surface area contributed by atoms with Crippen LogP contribution < -0.4 is 0 Å². The first-order valence-electron chi connectivity index (χ1n) is 43.5. The Kier molecular flexibility index (Phi) is 259. The summed E-state index contributed by atoms with van der Waals surface area (Å²) in [5.41, 5.74) is 1.32. The minimum absolute atomic E-state index is 0. The number of hydrogen-bond donors (Lipinski definition) is 0. The Morgan fingerprint density at radius 2 is 0.195 bits per heavy atom. The van der Waals surface area contributed by atoms with Gasteiger partial charge in [0.1, 0.15) is 0 Å². The quantitative estimate of drug-likeness (QED) is 0.133. The van der Waals surface area contributed by atoms with E-state index in [2.05, 4.69) is 91.9 Å². The predicted octanol–water partition coefficient (Wildman–Crippen LogP) is 39.6. The van der Waals surface area contributed by atoms with E-state index in [4.69, 9.17) is 0 Å². The van der Waals surface area contributed by atoms with Crippen molar-refractivity contribution in [1.82, 2.24) is 0 Å². The molecule has 0 saturated heterocycles. The molecule has 652 valence electrons. The maximum Gasteiger partial charge on any atom is 0 e. The molecule has 2 heteroatoms. The van der Waals surface area contributed by atoms with Gasteiger partial charge in [-0.05, 0) is 17.7 Å². The predicted molar refractivity (Wildman–Crippen MR) is 550 cm³/mol. The van der Waals surface area contributed by atoms with Gasteiger partial charge in [-0.2, -0.15) is 146 Å². The molecule has 0 aliphatic heterocycles. The van der Waals surface area contributed by atoms with Crippen molar-refractivity contribution in [2.24, 2.45) is 0 Å². The number of hydrogen-bond acceptors (Lipinski definition) is 0. The first-order chi connectivity index (χ1) is 57.4. The van der Waals surface area contributed by atoms with Crippen molar-refractivity contribution in [3.05, 3.63) is 485 Å². The Balaban J connectivity index is -0.0000000558. The van der Waals surface area contributed by atoms with E-state index >= 15 is 0 Å². The molecule has 0 aliphatic rings. The summed E-state index contributed by atoms with van der Waals surface area (Å²) in [6, 6.07) is 161. The van der Waals surface area contributed by atoms with E-state index in [0.29, 0.717) is 0 Å². The third kappa shape index (κ3) is 175. The van der Waals surface area contributed by atoms with Crippen molar-refractivity contribution in [2.45, 2.75) is 236 Å². The normalized spacial score (nSPS) is 6.65. The van der Waals surface area contributed by atoms with Crippen LogP contribution in [0.1, 0.15) is 235 Å². The number of aryl methyl sites for hydroxylation is 1. The first-order valence-corrected chi connectivity index (χ1v) is 43.5. The molecule has 0 nitrogen and oxygen atoms in total. The van der Waals surface area contributed by atoms with E-state index in [1.807, 2.05) is 616 Å². The number of benzene rings is 14. The summed E-state index contributed by atoms with van der Waals surface area (Å²) in [4.78, 5) is 0. The smallest absolute Gasteiger partial charge is 0 e. The van der Waals surface area contributed by atoms with E-state index in [0.717, 1.165) is 0 Å². The van der Waals surface area contributed by atoms with Crippen LogP contribution in [-0.2, 0) is 65.4 Å². The number of rotatable bonds is 0. The van der Waals surface area contributed by atoms with Gasteiger partial charge in [-0.1, -0.05) is 568 Å². The fraction of sp³-hybridized carbons (Fsp3) is 0.293. The molecule has 14 aromatic rings. The second-order valence-corrected chi connectivity index (χ2v) is 16.4. The molecule has 0 spiro atoms. The molecule has 0 heterocycles. The second-order valence-electron chi connectivity index (χ2n) is 16.4. The zero-order valence-corrected chi connectivity index (χ0v) is 86.6. The van der Waals surface area contributed by atoms with Crippen molar-refractivity contribution in [3.8, 4) is 0 Å². The average molecular weight is 1750 g/mol. The van der Waals surface area contributed by atoms with Gasteiger partial charge < -0.3 is 0 Å². The summed E-state index contributed by atoms with van der Waals surface area (Å²) in [6.45, 7) is 66.1. The molecule has 0 amide bonds. The molecule has 2 radical (unpaired) electrons. The summed E-state index contributed by atoms with van der Waals surface area (Å²) in [5.74, 6) is 0. The zero-order chi connectivity index (χ0) is 90.6. The van der Waals surface area contributed by atoms with Gasteiger partial charge in [0.15, 0.2) is 0 Å². The topological polar surface area (TPSA) is 0 Å². The Morgan fingerprint density at radius 3 is 0.254 bits per heavy atom. The van der Waals surface area contributed by atoms with E-state index < -0.39 is 0 Å². The Labute approximate surface area is 789 Å². The molecule has 0 fully saturated rings. The van der Waals surface area contributed by atoms with Gasteiger partial charge in [-0.15, -0.1) is 0 Å². The summed E-state index contributed by atoms with van der Waals surface area (Å²) >= 11 is 0. The molecule has 0 bridgehead atoms. The van der Waals surface area contributed by atoms with Gasteiger partial charge in [0, 0.05) is 65.4 Å². The van der Waals surface area contributed by atoms with Crippen molar-refractivity contribution < 1.29 is 65.4 Å². The Hall–Kier alpha value is -8.45. The van der Waals surface area contributed by atoms with Crippen LogP contribution in [0.25, 0.3) is 10.8 Å². The largest absolute Gasteiger partial charge is 0.184 e. The molecule has 0 N–H and O–H groups in total. The van der Waals surface area contributed by atoms with Crippen LogP contribution in [-0.4, -0.2) is 0 Å². The van der Waals surface area contributed by atoms with Crippen LogP contribution in [0, 0.1) is 31.2 Å². The van der Waals surface area contributed by atoms with Crippen LogP contribution in [0.2, 0.25) is 0 Å². The Bertz CT molecular complexity index is 2270. The fourth-order valence-electron chi connectivity index (χ4n) is 5.73. The minimum Gasteiger partial charge on any atom is -0.184 e. The molecule has 0 saturated carbocycles. The Morgan fingerprint density at radius 1 is 0.119 bits per heavy atom. The van der Waals surface area contributed by atoms with Crippen molar-refractivity contribution in [1.29, 1.82) is 0 Å². The van der Waals surface area contributed by atoms with Crippen molar-refractivity contribution in [2.75, 3.05) is 0 Å². The van der Waals surface area contributed by atoms with E-state index in [-0.39, 0.29) is 72.8 Å². The minimum atomic E-state index is 0. The average Bonchev–Trinajstić information content (AvgIpc) is 0.873. The van der Waals surface area contributed by atoms with Crippen LogP contribution in [0.5, 0.6) is 0 Å². The maximum absolute atomic E-state index is 2.89. The zero-order valence-electron chi connectivity index (χ0n) is 81.0. The third-order valence-electron chi connectivity index (χ3n) is 9.69. The fourth-order valence-corrected chi connectivity index (χ4v) is 5.73. The molecular weight excluding hydrogens is 1570 g/mol. The molecule has 14 aromatic carbocycles. The standard InChI is InChI=1S/C10H8.C7H8.7C6H6.4C6H5.16C2H6.CH4.2Y/c1-2-6-10-8-4-3-7-9(10)5-1;1-7-5-3-2-4-6-7;11*1-2-4-6-5-3-1;16*1-2;;;/h1-8H;2-6H,1H3;7*1-6H;4*1-5H;16*1-2H3;1H4;;/q;;;;;;;;;4*-1;;;;;;;;;;;;;;;;;;;. The van der Waals surface area contributed by atoms with Crippen LogP contribution in [0.15, 0.2) is 455 Å².